The van der Waals surface area contributed by atoms with E-state index >= 15 is 0 Å². The zero-order valence-corrected chi connectivity index (χ0v) is 8.97. The molecule has 0 aliphatic carbocycles. The second-order valence-electron chi connectivity index (χ2n) is 3.35. The van der Waals surface area contributed by atoms with Crippen molar-refractivity contribution in [2.45, 2.75) is 16.7 Å². The maximum atomic E-state index is 12.6. The van der Waals surface area contributed by atoms with Crippen molar-refractivity contribution in [3.63, 3.8) is 0 Å². The Morgan fingerprint density at radius 2 is 1.69 bits per heavy atom. The van der Waals surface area contributed by atoms with Crippen LogP contribution < -0.4 is 0 Å². The van der Waals surface area contributed by atoms with Gasteiger partial charge in [0.25, 0.3) is 0 Å². The number of hydrogen-bond acceptors (Lipinski definition) is 3. The summed E-state index contributed by atoms with van der Waals surface area (Å²) in [7, 11) is -1.21. The van der Waals surface area contributed by atoms with Gasteiger partial charge >= 0.3 is 11.8 Å². The van der Waals surface area contributed by atoms with Crippen molar-refractivity contribution in [3.05, 3.63) is 29.8 Å². The third kappa shape index (κ3) is 1.64. The van der Waals surface area contributed by atoms with Gasteiger partial charge in [0.15, 0.2) is 0 Å². The molecule has 1 aliphatic rings. The molecule has 86 valence electrons. The average Bonchev–Trinajstić information content (AvgIpc) is 2.97. The van der Waals surface area contributed by atoms with E-state index in [9.17, 15) is 17.4 Å². The fraction of sp³-hybridized carbons (Fsp3) is 0.333. The molecule has 2 rings (SSSR count). The number of benzene rings is 1. The summed E-state index contributed by atoms with van der Waals surface area (Å²) in [6.07, 6.45) is -3.06. The van der Waals surface area contributed by atoms with Crippen molar-refractivity contribution >= 4 is 10.8 Å². The molecule has 0 saturated carbocycles. The maximum Gasteiger partial charge on any atom is 0.442 e. The quantitative estimate of drug-likeness (QED) is 0.793. The fourth-order valence-corrected chi connectivity index (χ4v) is 1.84. The van der Waals surface area contributed by atoms with Gasteiger partial charge in [-0.2, -0.15) is 13.2 Å². The molecule has 1 aromatic carbocycles. The third-order valence-corrected chi connectivity index (χ3v) is 3.22. The van der Waals surface area contributed by atoms with Crippen LogP contribution in [0.15, 0.2) is 39.4 Å². The van der Waals surface area contributed by atoms with Gasteiger partial charge in [0, 0.05) is 27.5 Å². The molecule has 1 aromatic rings. The minimum Gasteiger partial charge on any atom is -0.255 e. The molecule has 1 unspecified atom stereocenters. The third-order valence-electron chi connectivity index (χ3n) is 2.28. The first-order valence-electron chi connectivity index (χ1n) is 4.31. The Balaban J connectivity index is 2.33. The van der Waals surface area contributed by atoms with E-state index in [4.69, 9.17) is 0 Å². The Labute approximate surface area is 91.8 Å². The highest BCUT2D eigenvalue weighted by molar-refractivity contribution is 7.84. The van der Waals surface area contributed by atoms with E-state index in [0.717, 1.165) is 0 Å². The number of halogens is 3. The van der Waals surface area contributed by atoms with E-state index in [0.29, 0.717) is 4.90 Å². The van der Waals surface area contributed by atoms with Gasteiger partial charge in [-0.3, -0.25) is 4.21 Å². The molecule has 0 amide bonds. The van der Waals surface area contributed by atoms with Crippen LogP contribution in [-0.2, 0) is 16.5 Å². The van der Waals surface area contributed by atoms with Crippen molar-refractivity contribution in [2.75, 3.05) is 6.26 Å². The second-order valence-corrected chi connectivity index (χ2v) is 4.73. The summed E-state index contributed by atoms with van der Waals surface area (Å²) in [6, 6.07) is 5.29. The van der Waals surface area contributed by atoms with Crippen LogP contribution in [0.2, 0.25) is 0 Å². The molecule has 0 bridgehead atoms. The molecular formula is C9H7F3N2OS. The topological polar surface area (TPSA) is 41.8 Å². The van der Waals surface area contributed by atoms with Gasteiger partial charge in [-0.1, -0.05) is 12.1 Å². The van der Waals surface area contributed by atoms with Crippen LogP contribution in [0, 0.1) is 0 Å². The van der Waals surface area contributed by atoms with E-state index in [2.05, 4.69) is 10.2 Å². The summed E-state index contributed by atoms with van der Waals surface area (Å²) in [5.74, 6) is 0. The molecule has 3 nitrogen and oxygen atoms in total. The fourth-order valence-electron chi connectivity index (χ4n) is 1.32. The highest BCUT2D eigenvalue weighted by atomic mass is 32.2. The van der Waals surface area contributed by atoms with Crippen molar-refractivity contribution < 1.29 is 17.4 Å². The first kappa shape index (κ1) is 11.3. The van der Waals surface area contributed by atoms with E-state index in [1.54, 1.807) is 0 Å². The molecule has 1 aliphatic heterocycles. The van der Waals surface area contributed by atoms with Crippen molar-refractivity contribution in [1.29, 1.82) is 0 Å². The van der Waals surface area contributed by atoms with Crippen LogP contribution in [-0.4, -0.2) is 16.6 Å². The summed E-state index contributed by atoms with van der Waals surface area (Å²) in [5, 5.41) is 6.15. The van der Waals surface area contributed by atoms with Gasteiger partial charge in [0.1, 0.15) is 0 Å². The van der Waals surface area contributed by atoms with Crippen LogP contribution in [0.3, 0.4) is 0 Å². The number of hydrogen-bond donors (Lipinski definition) is 0. The molecule has 0 radical (unpaired) electrons. The normalized spacial score (nSPS) is 19.5. The zero-order valence-electron chi connectivity index (χ0n) is 8.15. The molecule has 16 heavy (non-hydrogen) atoms. The number of rotatable bonds is 2. The molecule has 0 saturated heterocycles. The summed E-state index contributed by atoms with van der Waals surface area (Å²) in [5.41, 5.74) is -2.44. The number of nitrogens with zero attached hydrogens (tertiary/aromatic N) is 2. The van der Waals surface area contributed by atoms with Gasteiger partial charge in [0.2, 0.25) is 0 Å². The molecular weight excluding hydrogens is 241 g/mol. The lowest BCUT2D eigenvalue weighted by Gasteiger charge is -2.14. The van der Waals surface area contributed by atoms with Crippen molar-refractivity contribution in [3.8, 4) is 0 Å². The van der Waals surface area contributed by atoms with Gasteiger partial charge in [-0.25, -0.2) is 0 Å². The van der Waals surface area contributed by atoms with Gasteiger partial charge in [0.05, 0.1) is 0 Å². The van der Waals surface area contributed by atoms with Crippen LogP contribution >= 0.6 is 0 Å². The molecule has 7 heteroatoms. The predicted octanol–water partition coefficient (Wildman–Crippen LogP) is 2.60. The van der Waals surface area contributed by atoms with E-state index in [1.165, 1.54) is 30.5 Å². The van der Waals surface area contributed by atoms with E-state index < -0.39 is 22.6 Å². The van der Waals surface area contributed by atoms with Crippen molar-refractivity contribution in [2.24, 2.45) is 10.2 Å². The second kappa shape index (κ2) is 3.38. The smallest absolute Gasteiger partial charge is 0.255 e. The Morgan fingerprint density at radius 3 is 2.00 bits per heavy atom. The number of alkyl halides is 3. The van der Waals surface area contributed by atoms with Crippen LogP contribution in [0.4, 0.5) is 13.2 Å². The van der Waals surface area contributed by atoms with Gasteiger partial charge in [-0.05, 0) is 12.1 Å². The van der Waals surface area contributed by atoms with Crippen molar-refractivity contribution in [1.82, 2.24) is 0 Å². The van der Waals surface area contributed by atoms with Crippen LogP contribution in [0.1, 0.15) is 5.56 Å². The molecule has 0 N–H and O–H groups in total. The lowest BCUT2D eigenvalue weighted by molar-refractivity contribution is -0.166. The largest absolute Gasteiger partial charge is 0.442 e. The Hall–Kier alpha value is -1.24. The van der Waals surface area contributed by atoms with Crippen LogP contribution in [0.25, 0.3) is 0 Å². The lowest BCUT2D eigenvalue weighted by atomic mass is 10.0. The average molecular weight is 248 g/mol. The highest BCUT2D eigenvalue weighted by Crippen LogP contribution is 2.52. The SMILES string of the molecule is CS(=O)c1ccc(C2(C(F)(F)F)N=N2)cc1. The first-order valence-corrected chi connectivity index (χ1v) is 5.87. The molecule has 0 spiro atoms. The van der Waals surface area contributed by atoms with Gasteiger partial charge in [-0.15, -0.1) is 10.2 Å². The monoisotopic (exact) mass is 248 g/mol. The summed E-state index contributed by atoms with van der Waals surface area (Å²) >= 11 is 0. The Kier molecular flexibility index (Phi) is 2.37. The minimum absolute atomic E-state index is 0.0470. The highest BCUT2D eigenvalue weighted by Gasteiger charge is 2.65. The zero-order chi connectivity index (χ0) is 12.0. The molecule has 0 fully saturated rings. The molecule has 1 atom stereocenters. The van der Waals surface area contributed by atoms with E-state index in [1.807, 2.05) is 0 Å². The maximum absolute atomic E-state index is 12.6. The summed E-state index contributed by atoms with van der Waals surface area (Å²) in [6.45, 7) is 0. The Morgan fingerprint density at radius 1 is 1.19 bits per heavy atom. The standard InChI is InChI=1S/C9H7F3N2OS/c1-16(15)7-4-2-6(3-5-7)8(13-14-8)9(10,11)12/h2-5H,1H3. The minimum atomic E-state index is -4.51. The Bertz CT molecular complexity index is 461. The summed E-state index contributed by atoms with van der Waals surface area (Å²) < 4.78 is 48.8. The lowest BCUT2D eigenvalue weighted by Crippen LogP contribution is -2.30. The molecule has 1 heterocycles. The van der Waals surface area contributed by atoms with Crippen LogP contribution in [0.5, 0.6) is 0 Å². The first-order chi connectivity index (χ1) is 7.37. The predicted molar refractivity (Wildman–Crippen MR) is 51.4 cm³/mol. The van der Waals surface area contributed by atoms with Gasteiger partial charge < -0.3 is 0 Å². The van der Waals surface area contributed by atoms with E-state index in [-0.39, 0.29) is 5.56 Å². The molecule has 0 aromatic heterocycles. The summed E-state index contributed by atoms with van der Waals surface area (Å²) in [4.78, 5) is 0.474.